The van der Waals surface area contributed by atoms with Crippen LogP contribution in [0, 0.1) is 0 Å². The van der Waals surface area contributed by atoms with Gasteiger partial charge in [0.25, 0.3) is 5.91 Å². The van der Waals surface area contributed by atoms with Crippen LogP contribution in [0.25, 0.3) is 6.08 Å². The predicted molar refractivity (Wildman–Crippen MR) is 78.5 cm³/mol. The molecule has 1 aromatic carbocycles. The fraction of sp³-hybridized carbons (Fsp3) is 0.286. The lowest BCUT2D eigenvalue weighted by atomic mass is 10.1. The van der Waals surface area contributed by atoms with Gasteiger partial charge in [-0.2, -0.15) is 0 Å². The van der Waals surface area contributed by atoms with Crippen molar-refractivity contribution in [2.75, 3.05) is 20.8 Å². The molecule has 7 heteroatoms. The van der Waals surface area contributed by atoms with Gasteiger partial charge in [-0.1, -0.05) is 11.6 Å². The van der Waals surface area contributed by atoms with Crippen molar-refractivity contribution in [1.82, 2.24) is 10.2 Å². The van der Waals surface area contributed by atoms with E-state index in [-0.39, 0.29) is 5.70 Å². The number of halogens is 1. The van der Waals surface area contributed by atoms with E-state index in [1.165, 1.54) is 20.2 Å². The van der Waals surface area contributed by atoms with Crippen LogP contribution in [0.5, 0.6) is 11.5 Å². The molecule has 0 bridgehead atoms. The molecule has 1 aliphatic rings. The Morgan fingerprint density at radius 2 is 2.05 bits per heavy atom. The molecule has 0 aromatic heterocycles. The smallest absolute Gasteiger partial charge is 0.328 e. The molecule has 1 heterocycles. The highest BCUT2D eigenvalue weighted by Gasteiger charge is 2.30. The SMILES string of the molecule is CCOc1cc(/C=C2/NC(=O)N(C)C2=O)c(Cl)cc1OC. The Balaban J connectivity index is 2.43. The Morgan fingerprint density at radius 1 is 1.33 bits per heavy atom. The molecule has 0 aliphatic carbocycles. The third-order valence-electron chi connectivity index (χ3n) is 2.96. The van der Waals surface area contributed by atoms with E-state index in [1.807, 2.05) is 6.92 Å². The van der Waals surface area contributed by atoms with Crippen molar-refractivity contribution < 1.29 is 19.1 Å². The summed E-state index contributed by atoms with van der Waals surface area (Å²) < 4.78 is 10.6. The maximum atomic E-state index is 11.8. The van der Waals surface area contributed by atoms with E-state index in [1.54, 1.807) is 12.1 Å². The van der Waals surface area contributed by atoms with Crippen molar-refractivity contribution in [3.05, 3.63) is 28.4 Å². The molecular weight excluding hydrogens is 296 g/mol. The van der Waals surface area contributed by atoms with Gasteiger partial charge >= 0.3 is 6.03 Å². The molecule has 0 spiro atoms. The van der Waals surface area contributed by atoms with Crippen LogP contribution >= 0.6 is 11.6 Å². The monoisotopic (exact) mass is 310 g/mol. The minimum Gasteiger partial charge on any atom is -0.493 e. The first-order valence-electron chi connectivity index (χ1n) is 6.29. The van der Waals surface area contributed by atoms with Crippen LogP contribution in [-0.2, 0) is 4.79 Å². The van der Waals surface area contributed by atoms with Gasteiger partial charge < -0.3 is 14.8 Å². The molecule has 0 saturated carbocycles. The predicted octanol–water partition coefficient (Wildman–Crippen LogP) is 2.27. The maximum Gasteiger partial charge on any atom is 0.328 e. The van der Waals surface area contributed by atoms with Crippen molar-refractivity contribution in [1.29, 1.82) is 0 Å². The summed E-state index contributed by atoms with van der Waals surface area (Å²) >= 11 is 6.16. The van der Waals surface area contributed by atoms with Gasteiger partial charge in [-0.3, -0.25) is 9.69 Å². The number of carbonyl (C=O) groups excluding carboxylic acids is 2. The van der Waals surface area contributed by atoms with E-state index in [4.69, 9.17) is 21.1 Å². The highest BCUT2D eigenvalue weighted by Crippen LogP contribution is 2.34. The highest BCUT2D eigenvalue weighted by molar-refractivity contribution is 6.32. The molecular formula is C14H15ClN2O4. The number of hydrogen-bond donors (Lipinski definition) is 1. The summed E-state index contributed by atoms with van der Waals surface area (Å²) in [6, 6.07) is 2.79. The van der Waals surface area contributed by atoms with Gasteiger partial charge in [-0.15, -0.1) is 0 Å². The molecule has 3 amide bonds. The number of methoxy groups -OCH3 is 1. The van der Waals surface area contributed by atoms with Crippen molar-refractivity contribution in [2.45, 2.75) is 6.92 Å². The summed E-state index contributed by atoms with van der Waals surface area (Å²) in [7, 11) is 2.92. The molecule has 1 saturated heterocycles. The second-order valence-electron chi connectivity index (χ2n) is 4.31. The zero-order valence-corrected chi connectivity index (χ0v) is 12.7. The first kappa shape index (κ1) is 15.2. The van der Waals surface area contributed by atoms with Gasteiger partial charge in [0.05, 0.1) is 18.7 Å². The lowest BCUT2D eigenvalue weighted by Crippen LogP contribution is -2.25. The van der Waals surface area contributed by atoms with Crippen molar-refractivity contribution in [3.63, 3.8) is 0 Å². The van der Waals surface area contributed by atoms with Crippen LogP contribution in [0.4, 0.5) is 4.79 Å². The Morgan fingerprint density at radius 3 is 2.57 bits per heavy atom. The fourth-order valence-corrected chi connectivity index (χ4v) is 2.08. The number of amides is 3. The van der Waals surface area contributed by atoms with Crippen LogP contribution in [0.3, 0.4) is 0 Å². The second-order valence-corrected chi connectivity index (χ2v) is 4.72. The number of rotatable bonds is 4. The summed E-state index contributed by atoms with van der Waals surface area (Å²) in [6.45, 7) is 2.31. The Kier molecular flexibility index (Phi) is 4.37. The number of benzene rings is 1. The average Bonchev–Trinajstić information content (AvgIpc) is 2.70. The number of urea groups is 1. The van der Waals surface area contributed by atoms with E-state index in [0.717, 1.165) is 4.90 Å². The number of nitrogens with one attached hydrogen (secondary N) is 1. The van der Waals surface area contributed by atoms with Gasteiger partial charge in [-0.25, -0.2) is 4.79 Å². The standard InChI is InChI=1S/C14H15ClN2O4/c1-4-21-12-6-8(9(15)7-11(12)20-3)5-10-13(18)17(2)14(19)16-10/h5-7H,4H2,1-3H3,(H,16,19)/b10-5+. The van der Waals surface area contributed by atoms with Crippen LogP contribution in [0.15, 0.2) is 17.8 Å². The van der Waals surface area contributed by atoms with Gasteiger partial charge in [0, 0.05) is 13.1 Å². The van der Waals surface area contributed by atoms with E-state index < -0.39 is 11.9 Å². The lowest BCUT2D eigenvalue weighted by molar-refractivity contribution is -0.121. The summed E-state index contributed by atoms with van der Waals surface area (Å²) in [5.74, 6) is 0.606. The number of ether oxygens (including phenoxy) is 2. The van der Waals surface area contributed by atoms with Crippen molar-refractivity contribution in [2.24, 2.45) is 0 Å². The first-order chi connectivity index (χ1) is 9.97. The summed E-state index contributed by atoms with van der Waals surface area (Å²) in [5.41, 5.74) is 0.719. The molecule has 1 aromatic rings. The number of hydrogen-bond acceptors (Lipinski definition) is 4. The highest BCUT2D eigenvalue weighted by atomic mass is 35.5. The van der Waals surface area contributed by atoms with Gasteiger partial charge in [0.15, 0.2) is 11.5 Å². The zero-order chi connectivity index (χ0) is 15.6. The summed E-state index contributed by atoms with van der Waals surface area (Å²) in [4.78, 5) is 24.2. The molecule has 21 heavy (non-hydrogen) atoms. The molecule has 0 radical (unpaired) electrons. The molecule has 0 unspecified atom stereocenters. The number of nitrogens with zero attached hydrogens (tertiary/aromatic N) is 1. The Labute approximate surface area is 127 Å². The molecule has 6 nitrogen and oxygen atoms in total. The Hall–Kier alpha value is -2.21. The molecule has 1 N–H and O–H groups in total. The van der Waals surface area contributed by atoms with Gasteiger partial charge in [-0.05, 0) is 24.6 Å². The number of likely N-dealkylation sites (N-methyl/N-ethyl adjacent to an activating group) is 1. The third-order valence-corrected chi connectivity index (χ3v) is 3.29. The van der Waals surface area contributed by atoms with E-state index >= 15 is 0 Å². The quantitative estimate of drug-likeness (QED) is 0.684. The van der Waals surface area contributed by atoms with E-state index in [2.05, 4.69) is 5.32 Å². The molecule has 1 fully saturated rings. The molecule has 0 atom stereocenters. The van der Waals surface area contributed by atoms with E-state index in [0.29, 0.717) is 28.7 Å². The largest absolute Gasteiger partial charge is 0.493 e. The van der Waals surface area contributed by atoms with Crippen LogP contribution in [0.2, 0.25) is 5.02 Å². The third kappa shape index (κ3) is 2.95. The van der Waals surface area contributed by atoms with Crippen LogP contribution in [-0.4, -0.2) is 37.6 Å². The van der Waals surface area contributed by atoms with Gasteiger partial charge in [0.1, 0.15) is 5.70 Å². The van der Waals surface area contributed by atoms with Crippen LogP contribution in [0.1, 0.15) is 12.5 Å². The fourth-order valence-electron chi connectivity index (χ4n) is 1.87. The number of carbonyl (C=O) groups is 2. The summed E-state index contributed by atoms with van der Waals surface area (Å²) in [5, 5.41) is 2.87. The number of imide groups is 1. The minimum absolute atomic E-state index is 0.164. The average molecular weight is 311 g/mol. The van der Waals surface area contributed by atoms with Crippen molar-refractivity contribution >= 4 is 29.6 Å². The second kappa shape index (κ2) is 6.05. The maximum absolute atomic E-state index is 11.8. The Bertz CT molecular complexity index is 628. The van der Waals surface area contributed by atoms with Crippen molar-refractivity contribution in [3.8, 4) is 11.5 Å². The topological polar surface area (TPSA) is 67.9 Å². The minimum atomic E-state index is -0.471. The normalized spacial score (nSPS) is 16.4. The molecule has 2 rings (SSSR count). The summed E-state index contributed by atoms with van der Waals surface area (Å²) in [6.07, 6.45) is 1.51. The van der Waals surface area contributed by atoms with E-state index in [9.17, 15) is 9.59 Å². The van der Waals surface area contributed by atoms with Crippen LogP contribution < -0.4 is 14.8 Å². The lowest BCUT2D eigenvalue weighted by Gasteiger charge is -2.11. The zero-order valence-electron chi connectivity index (χ0n) is 11.9. The first-order valence-corrected chi connectivity index (χ1v) is 6.66. The van der Waals surface area contributed by atoms with Gasteiger partial charge in [0.2, 0.25) is 0 Å². The molecule has 1 aliphatic heterocycles. The molecule has 112 valence electrons.